The quantitative estimate of drug-likeness (QED) is 0.522. The van der Waals surface area contributed by atoms with Gasteiger partial charge in [0.15, 0.2) is 0 Å². The van der Waals surface area contributed by atoms with Crippen molar-refractivity contribution in [1.82, 2.24) is 19.4 Å². The molecule has 1 atom stereocenters. The van der Waals surface area contributed by atoms with Crippen molar-refractivity contribution in [2.24, 2.45) is 0 Å². The third-order valence-electron chi connectivity index (χ3n) is 6.60. The molecule has 35 heavy (non-hydrogen) atoms. The Kier molecular flexibility index (Phi) is 8.28. The van der Waals surface area contributed by atoms with Crippen LogP contribution in [-0.4, -0.2) is 73.7 Å². The highest BCUT2D eigenvalue weighted by Crippen LogP contribution is 2.23. The number of carboxylic acid groups (broad SMARTS) is 2. The van der Waals surface area contributed by atoms with E-state index in [1.807, 2.05) is 12.4 Å². The molecule has 2 aromatic carbocycles. The van der Waals surface area contributed by atoms with Gasteiger partial charge in [-0.1, -0.05) is 30.7 Å². The Morgan fingerprint density at radius 2 is 1.60 bits per heavy atom. The molecule has 2 saturated heterocycles. The molecule has 0 spiro atoms. The SMILES string of the molecule is O=C(O)/C=C/C(=O)O.c1ccc2c(c1)ncn2-c1ccc(CN2CC[C@H](N3CCCCC3)C2)cc1. The fourth-order valence-electron chi connectivity index (χ4n) is 4.87. The molecular formula is C27H32N4O4. The van der Waals surface area contributed by atoms with Gasteiger partial charge in [-0.15, -0.1) is 0 Å². The highest BCUT2D eigenvalue weighted by Gasteiger charge is 2.28. The predicted molar refractivity (Wildman–Crippen MR) is 135 cm³/mol. The van der Waals surface area contributed by atoms with Crippen LogP contribution in [-0.2, 0) is 16.1 Å². The van der Waals surface area contributed by atoms with Gasteiger partial charge in [0, 0.05) is 43.5 Å². The summed E-state index contributed by atoms with van der Waals surface area (Å²) in [7, 11) is 0. The molecule has 0 radical (unpaired) electrons. The van der Waals surface area contributed by atoms with Crippen molar-refractivity contribution in [2.45, 2.75) is 38.3 Å². The van der Waals surface area contributed by atoms with Crippen LogP contribution >= 0.6 is 0 Å². The number of likely N-dealkylation sites (tertiary alicyclic amines) is 2. The van der Waals surface area contributed by atoms with E-state index in [9.17, 15) is 9.59 Å². The first kappa shape index (κ1) is 24.6. The van der Waals surface area contributed by atoms with E-state index in [4.69, 9.17) is 10.2 Å². The van der Waals surface area contributed by atoms with Crippen molar-refractivity contribution in [3.05, 3.63) is 72.6 Å². The van der Waals surface area contributed by atoms with E-state index in [0.717, 1.165) is 23.6 Å². The molecule has 2 fully saturated rings. The largest absolute Gasteiger partial charge is 0.478 e. The van der Waals surface area contributed by atoms with Crippen LogP contribution in [0.3, 0.4) is 0 Å². The number of nitrogens with zero attached hydrogens (tertiary/aromatic N) is 4. The molecule has 2 N–H and O–H groups in total. The zero-order valence-electron chi connectivity index (χ0n) is 19.8. The summed E-state index contributed by atoms with van der Waals surface area (Å²) < 4.78 is 2.17. The topological polar surface area (TPSA) is 98.9 Å². The van der Waals surface area contributed by atoms with Crippen molar-refractivity contribution >= 4 is 23.0 Å². The monoisotopic (exact) mass is 476 g/mol. The zero-order chi connectivity index (χ0) is 24.6. The molecule has 8 heteroatoms. The molecule has 3 heterocycles. The Morgan fingerprint density at radius 3 is 2.29 bits per heavy atom. The highest BCUT2D eigenvalue weighted by molar-refractivity contribution is 5.89. The van der Waals surface area contributed by atoms with Crippen molar-refractivity contribution in [1.29, 1.82) is 0 Å². The van der Waals surface area contributed by atoms with E-state index in [1.165, 1.54) is 63.1 Å². The standard InChI is InChI=1S/C23H28N4.C4H4O4/c1-4-13-26(14-5-1)21-12-15-25(17-21)16-19-8-10-20(11-9-19)27-18-24-22-6-2-3-7-23(22)27;5-3(6)1-2-4(7)8/h2-3,6-11,18,21H,1,4-5,12-17H2;1-2H,(H,5,6)(H,7,8)/b;2-1+/t21-;/m0./s1. The van der Waals surface area contributed by atoms with Gasteiger partial charge in [0.1, 0.15) is 6.33 Å². The smallest absolute Gasteiger partial charge is 0.328 e. The number of benzene rings is 2. The average Bonchev–Trinajstić information content (AvgIpc) is 3.52. The Hall–Kier alpha value is -3.49. The van der Waals surface area contributed by atoms with Crippen LogP contribution in [0.2, 0.25) is 0 Å². The Balaban J connectivity index is 0.000000314. The van der Waals surface area contributed by atoms with Crippen LogP contribution in [0.15, 0.2) is 67.0 Å². The average molecular weight is 477 g/mol. The summed E-state index contributed by atoms with van der Waals surface area (Å²) in [6, 6.07) is 18.1. The van der Waals surface area contributed by atoms with Gasteiger partial charge in [0.05, 0.1) is 11.0 Å². The number of hydrogen-bond acceptors (Lipinski definition) is 5. The first-order valence-electron chi connectivity index (χ1n) is 12.1. The van der Waals surface area contributed by atoms with Gasteiger partial charge < -0.3 is 10.2 Å². The molecule has 0 aliphatic carbocycles. The molecule has 0 bridgehead atoms. The zero-order valence-corrected chi connectivity index (χ0v) is 19.8. The van der Waals surface area contributed by atoms with Gasteiger partial charge in [-0.05, 0) is 62.2 Å². The first-order valence-corrected chi connectivity index (χ1v) is 12.1. The van der Waals surface area contributed by atoms with Crippen LogP contribution < -0.4 is 0 Å². The van der Waals surface area contributed by atoms with E-state index in [1.54, 1.807) is 0 Å². The summed E-state index contributed by atoms with van der Waals surface area (Å²) in [6.07, 6.45) is 8.57. The predicted octanol–water partition coefficient (Wildman–Crippen LogP) is 3.80. The third-order valence-corrected chi connectivity index (χ3v) is 6.60. The summed E-state index contributed by atoms with van der Waals surface area (Å²) in [6.45, 7) is 6.15. The second-order valence-corrected chi connectivity index (χ2v) is 9.05. The minimum atomic E-state index is -1.26. The van der Waals surface area contributed by atoms with Crippen LogP contribution in [0.1, 0.15) is 31.2 Å². The Bertz CT molecular complexity index is 1150. The normalized spacial score (nSPS) is 19.0. The van der Waals surface area contributed by atoms with Crippen molar-refractivity contribution in [2.75, 3.05) is 26.2 Å². The van der Waals surface area contributed by atoms with Crippen molar-refractivity contribution in [3.63, 3.8) is 0 Å². The summed E-state index contributed by atoms with van der Waals surface area (Å²) in [5.74, 6) is -2.51. The van der Waals surface area contributed by atoms with Crippen molar-refractivity contribution in [3.8, 4) is 5.69 Å². The van der Waals surface area contributed by atoms with E-state index in [0.29, 0.717) is 12.2 Å². The third kappa shape index (κ3) is 6.77. The molecular weight excluding hydrogens is 444 g/mol. The molecule has 1 aromatic heterocycles. The number of carbonyl (C=O) groups is 2. The van der Waals surface area contributed by atoms with E-state index < -0.39 is 11.9 Å². The number of piperidine rings is 1. The number of rotatable bonds is 6. The molecule has 0 unspecified atom stereocenters. The number of para-hydroxylation sites is 2. The molecule has 0 saturated carbocycles. The highest BCUT2D eigenvalue weighted by atomic mass is 16.4. The van der Waals surface area contributed by atoms with E-state index >= 15 is 0 Å². The maximum absolute atomic E-state index is 9.55. The number of aromatic nitrogens is 2. The number of hydrogen-bond donors (Lipinski definition) is 2. The van der Waals surface area contributed by atoms with Gasteiger partial charge in [-0.2, -0.15) is 0 Å². The molecule has 3 aromatic rings. The van der Waals surface area contributed by atoms with Gasteiger partial charge in [0.2, 0.25) is 0 Å². The second-order valence-electron chi connectivity index (χ2n) is 9.05. The summed E-state index contributed by atoms with van der Waals surface area (Å²) in [4.78, 5) is 29.0. The number of fused-ring (bicyclic) bond motifs is 1. The number of aliphatic carboxylic acids is 2. The van der Waals surface area contributed by atoms with Gasteiger partial charge >= 0.3 is 11.9 Å². The molecule has 184 valence electrons. The summed E-state index contributed by atoms with van der Waals surface area (Å²) >= 11 is 0. The van der Waals surface area contributed by atoms with E-state index in [2.05, 4.69) is 61.8 Å². The lowest BCUT2D eigenvalue weighted by molar-refractivity contribution is -0.134. The van der Waals surface area contributed by atoms with Crippen molar-refractivity contribution < 1.29 is 19.8 Å². The maximum Gasteiger partial charge on any atom is 0.328 e. The van der Waals surface area contributed by atoms with Crippen LogP contribution in [0.4, 0.5) is 0 Å². The fourth-order valence-corrected chi connectivity index (χ4v) is 4.87. The van der Waals surface area contributed by atoms with E-state index in [-0.39, 0.29) is 0 Å². The van der Waals surface area contributed by atoms with Crippen LogP contribution in [0, 0.1) is 0 Å². The molecule has 8 nitrogen and oxygen atoms in total. The minimum Gasteiger partial charge on any atom is -0.478 e. The van der Waals surface area contributed by atoms with Crippen LogP contribution in [0.5, 0.6) is 0 Å². The molecule has 5 rings (SSSR count). The Morgan fingerprint density at radius 1 is 0.914 bits per heavy atom. The van der Waals surface area contributed by atoms with Gasteiger partial charge in [0.25, 0.3) is 0 Å². The molecule has 0 amide bonds. The lowest BCUT2D eigenvalue weighted by Gasteiger charge is -2.32. The van der Waals surface area contributed by atoms with Gasteiger partial charge in [-0.25, -0.2) is 14.6 Å². The Labute approximate surface area is 205 Å². The lowest BCUT2D eigenvalue weighted by Crippen LogP contribution is -2.40. The second kappa shape index (κ2) is 11.8. The number of carboxylic acids is 2. The minimum absolute atomic E-state index is 0.558. The first-order chi connectivity index (χ1) is 17.0. The fraction of sp³-hybridized carbons (Fsp3) is 0.370. The molecule has 2 aliphatic rings. The molecule has 2 aliphatic heterocycles. The summed E-state index contributed by atoms with van der Waals surface area (Å²) in [5, 5.41) is 15.6. The maximum atomic E-state index is 9.55. The van der Waals surface area contributed by atoms with Crippen LogP contribution in [0.25, 0.3) is 16.7 Å². The lowest BCUT2D eigenvalue weighted by atomic mass is 10.1. The summed E-state index contributed by atoms with van der Waals surface area (Å²) in [5.41, 5.74) is 4.79. The van der Waals surface area contributed by atoms with Gasteiger partial charge in [-0.3, -0.25) is 14.4 Å². The number of imidazole rings is 1.